The van der Waals surface area contributed by atoms with Gasteiger partial charge < -0.3 is 10.4 Å². The van der Waals surface area contributed by atoms with Crippen LogP contribution in [-0.4, -0.2) is 48.8 Å². The van der Waals surface area contributed by atoms with Crippen LogP contribution in [0.1, 0.15) is 49.9 Å². The summed E-state index contributed by atoms with van der Waals surface area (Å²) in [4.78, 5) is 23.1. The lowest BCUT2D eigenvalue weighted by molar-refractivity contribution is -0.137. The average Bonchev–Trinajstić information content (AvgIpc) is 2.59. The quantitative estimate of drug-likeness (QED) is 0.751. The topological polar surface area (TPSA) is 104 Å². The summed E-state index contributed by atoms with van der Waals surface area (Å²) in [5, 5.41) is 11.4. The fourth-order valence-electron chi connectivity index (χ4n) is 3.10. The lowest BCUT2D eigenvalue weighted by atomic mass is 10.1. The van der Waals surface area contributed by atoms with E-state index in [0.29, 0.717) is 6.54 Å². The highest BCUT2D eigenvalue weighted by atomic mass is 32.2. The summed E-state index contributed by atoms with van der Waals surface area (Å²) in [7, 11) is -3.64. The Bertz CT molecular complexity index is 763. The van der Waals surface area contributed by atoms with Gasteiger partial charge in [0.15, 0.2) is 0 Å². The molecule has 7 nitrogen and oxygen atoms in total. The lowest BCUT2D eigenvalue weighted by Gasteiger charge is -2.32. The molecule has 1 aliphatic heterocycles. The molecule has 0 bridgehead atoms. The zero-order valence-corrected chi connectivity index (χ0v) is 16.0. The molecule has 0 aliphatic carbocycles. The smallest absolute Gasteiger partial charge is 0.303 e. The fourth-order valence-corrected chi connectivity index (χ4v) is 4.85. The normalized spacial score (nSPS) is 19.7. The van der Waals surface area contributed by atoms with Crippen molar-refractivity contribution in [1.82, 2.24) is 9.62 Å². The third-order valence-corrected chi connectivity index (χ3v) is 6.59. The SMILES string of the molecule is CC(CNC(=O)c1cccc(S(=O)(=O)N2CCCCC2C)c1)CC(=O)O. The Morgan fingerprint density at radius 2 is 2.08 bits per heavy atom. The first-order chi connectivity index (χ1) is 12.2. The van der Waals surface area contributed by atoms with E-state index in [2.05, 4.69) is 5.32 Å². The van der Waals surface area contributed by atoms with Crippen LogP contribution in [0.25, 0.3) is 0 Å². The van der Waals surface area contributed by atoms with E-state index >= 15 is 0 Å². The van der Waals surface area contributed by atoms with E-state index in [1.165, 1.54) is 16.4 Å². The van der Waals surface area contributed by atoms with Crippen LogP contribution >= 0.6 is 0 Å². The van der Waals surface area contributed by atoms with Crippen molar-refractivity contribution in [2.45, 2.75) is 50.5 Å². The van der Waals surface area contributed by atoms with Gasteiger partial charge in [-0.25, -0.2) is 8.42 Å². The number of benzene rings is 1. The van der Waals surface area contributed by atoms with Crippen LogP contribution < -0.4 is 5.32 Å². The van der Waals surface area contributed by atoms with Gasteiger partial charge in [0.25, 0.3) is 5.91 Å². The molecule has 1 aromatic rings. The Balaban J connectivity index is 2.11. The second-order valence-corrected chi connectivity index (χ2v) is 8.79. The van der Waals surface area contributed by atoms with E-state index in [9.17, 15) is 18.0 Å². The van der Waals surface area contributed by atoms with Gasteiger partial charge in [-0.15, -0.1) is 0 Å². The minimum absolute atomic E-state index is 0.0401. The number of hydrogen-bond acceptors (Lipinski definition) is 4. The maximum Gasteiger partial charge on any atom is 0.303 e. The van der Waals surface area contributed by atoms with Crippen molar-refractivity contribution in [1.29, 1.82) is 0 Å². The number of carbonyl (C=O) groups excluding carboxylic acids is 1. The summed E-state index contributed by atoms with van der Waals surface area (Å²) in [5.74, 6) is -1.54. The van der Waals surface area contributed by atoms with Crippen LogP contribution in [0.4, 0.5) is 0 Å². The van der Waals surface area contributed by atoms with E-state index in [0.717, 1.165) is 19.3 Å². The van der Waals surface area contributed by atoms with Gasteiger partial charge >= 0.3 is 5.97 Å². The highest BCUT2D eigenvalue weighted by molar-refractivity contribution is 7.89. The highest BCUT2D eigenvalue weighted by Gasteiger charge is 2.31. The summed E-state index contributed by atoms with van der Waals surface area (Å²) in [6, 6.07) is 5.93. The number of amides is 1. The number of carboxylic acid groups (broad SMARTS) is 1. The van der Waals surface area contributed by atoms with Crippen LogP contribution in [0.5, 0.6) is 0 Å². The molecular formula is C18H26N2O5S. The molecule has 2 rings (SSSR count). The van der Waals surface area contributed by atoms with E-state index < -0.39 is 21.9 Å². The molecule has 0 radical (unpaired) electrons. The number of nitrogens with zero attached hydrogens (tertiary/aromatic N) is 1. The third-order valence-electron chi connectivity index (χ3n) is 4.58. The summed E-state index contributed by atoms with van der Waals surface area (Å²) in [6.45, 7) is 4.34. The van der Waals surface area contributed by atoms with Crippen LogP contribution in [0.3, 0.4) is 0 Å². The second-order valence-electron chi connectivity index (χ2n) is 6.90. The van der Waals surface area contributed by atoms with E-state index in [1.54, 1.807) is 19.1 Å². The average molecular weight is 382 g/mol. The predicted octanol–water partition coefficient (Wildman–Crippen LogP) is 2.09. The van der Waals surface area contributed by atoms with Gasteiger partial charge in [-0.1, -0.05) is 19.4 Å². The van der Waals surface area contributed by atoms with E-state index in [1.807, 2.05) is 6.92 Å². The molecule has 26 heavy (non-hydrogen) atoms. The molecule has 0 saturated carbocycles. The van der Waals surface area contributed by atoms with Crippen molar-refractivity contribution < 1.29 is 23.1 Å². The largest absolute Gasteiger partial charge is 0.481 e. The van der Waals surface area contributed by atoms with Crippen molar-refractivity contribution in [2.75, 3.05) is 13.1 Å². The van der Waals surface area contributed by atoms with Crippen molar-refractivity contribution in [3.8, 4) is 0 Å². The molecule has 1 amide bonds. The van der Waals surface area contributed by atoms with Crippen molar-refractivity contribution in [3.05, 3.63) is 29.8 Å². The van der Waals surface area contributed by atoms with Gasteiger partial charge in [-0.2, -0.15) is 4.31 Å². The van der Waals surface area contributed by atoms with Crippen molar-refractivity contribution in [2.24, 2.45) is 5.92 Å². The van der Waals surface area contributed by atoms with Gasteiger partial charge in [0, 0.05) is 31.1 Å². The maximum absolute atomic E-state index is 12.9. The lowest BCUT2D eigenvalue weighted by Crippen LogP contribution is -2.42. The summed E-state index contributed by atoms with van der Waals surface area (Å²) >= 11 is 0. The molecule has 2 atom stereocenters. The second kappa shape index (κ2) is 8.64. The molecule has 1 heterocycles. The Morgan fingerprint density at radius 3 is 2.73 bits per heavy atom. The molecule has 0 aromatic heterocycles. The Morgan fingerprint density at radius 1 is 1.35 bits per heavy atom. The first kappa shape index (κ1) is 20.4. The number of piperidine rings is 1. The number of rotatable bonds is 7. The summed E-state index contributed by atoms with van der Waals surface area (Å²) in [5.41, 5.74) is 0.248. The number of hydrogen-bond donors (Lipinski definition) is 2. The maximum atomic E-state index is 12.9. The van der Waals surface area contributed by atoms with Gasteiger partial charge in [0.2, 0.25) is 10.0 Å². The van der Waals surface area contributed by atoms with Crippen molar-refractivity contribution >= 4 is 21.9 Å². The number of aliphatic carboxylic acids is 1. The molecule has 2 N–H and O–H groups in total. The predicted molar refractivity (Wildman–Crippen MR) is 97.4 cm³/mol. The highest BCUT2D eigenvalue weighted by Crippen LogP contribution is 2.25. The molecule has 0 spiro atoms. The molecule has 2 unspecified atom stereocenters. The molecule has 8 heteroatoms. The van der Waals surface area contributed by atoms with Gasteiger partial charge in [0.05, 0.1) is 4.90 Å². The zero-order chi connectivity index (χ0) is 19.3. The van der Waals surface area contributed by atoms with Gasteiger partial charge in [-0.3, -0.25) is 9.59 Å². The number of sulfonamides is 1. The number of carbonyl (C=O) groups is 2. The van der Waals surface area contributed by atoms with Gasteiger partial charge in [-0.05, 0) is 43.9 Å². The zero-order valence-electron chi connectivity index (χ0n) is 15.1. The standard InChI is InChI=1S/C18H26N2O5S/c1-13(10-17(21)22)12-19-18(23)15-7-5-8-16(11-15)26(24,25)20-9-4-3-6-14(20)2/h5,7-8,11,13-14H,3-4,6,9-10,12H2,1-2H3,(H,19,23)(H,21,22). The Labute approximate surface area is 154 Å². The van der Waals surface area contributed by atoms with E-state index in [-0.39, 0.29) is 35.4 Å². The molecule has 1 aliphatic rings. The Hall–Kier alpha value is -1.93. The number of carboxylic acids is 1. The Kier molecular flexibility index (Phi) is 6.77. The summed E-state index contributed by atoms with van der Waals surface area (Å²) < 4.78 is 27.3. The fraction of sp³-hybridized carbons (Fsp3) is 0.556. The number of nitrogens with one attached hydrogen (secondary N) is 1. The minimum atomic E-state index is -3.64. The summed E-state index contributed by atoms with van der Waals surface area (Å²) in [6.07, 6.45) is 2.65. The molecule has 144 valence electrons. The van der Waals surface area contributed by atoms with E-state index in [4.69, 9.17) is 5.11 Å². The van der Waals surface area contributed by atoms with Crippen LogP contribution in [0.15, 0.2) is 29.2 Å². The van der Waals surface area contributed by atoms with Gasteiger partial charge in [0.1, 0.15) is 0 Å². The first-order valence-electron chi connectivity index (χ1n) is 8.83. The monoisotopic (exact) mass is 382 g/mol. The van der Waals surface area contributed by atoms with Crippen LogP contribution in [0.2, 0.25) is 0 Å². The first-order valence-corrected chi connectivity index (χ1v) is 10.3. The molecular weight excluding hydrogens is 356 g/mol. The van der Waals surface area contributed by atoms with Crippen LogP contribution in [-0.2, 0) is 14.8 Å². The van der Waals surface area contributed by atoms with Crippen LogP contribution in [0, 0.1) is 5.92 Å². The molecule has 1 fully saturated rings. The third kappa shape index (κ3) is 5.04. The molecule has 1 saturated heterocycles. The molecule has 1 aromatic carbocycles. The minimum Gasteiger partial charge on any atom is -0.481 e. The van der Waals surface area contributed by atoms with Crippen molar-refractivity contribution in [3.63, 3.8) is 0 Å².